The van der Waals surface area contributed by atoms with E-state index in [4.69, 9.17) is 16.3 Å². The van der Waals surface area contributed by atoms with Gasteiger partial charge in [-0.15, -0.1) is 21.5 Å². The van der Waals surface area contributed by atoms with Crippen LogP contribution in [0.25, 0.3) is 16.0 Å². The number of halogens is 1. The molecule has 148 valence electrons. The number of aryl methyl sites for hydroxylation is 1. The molecule has 0 spiro atoms. The monoisotopic (exact) mass is 428 g/mol. The van der Waals surface area contributed by atoms with Crippen molar-refractivity contribution in [3.63, 3.8) is 0 Å². The Balaban J connectivity index is 1.47. The summed E-state index contributed by atoms with van der Waals surface area (Å²) in [5.41, 5.74) is 0.900. The van der Waals surface area contributed by atoms with Crippen molar-refractivity contribution in [2.45, 2.75) is 31.3 Å². The zero-order valence-electron chi connectivity index (χ0n) is 15.6. The summed E-state index contributed by atoms with van der Waals surface area (Å²) in [6.45, 7) is -0.0154. The largest absolute Gasteiger partial charge is 0.457 e. The number of hydrogen-bond acceptors (Lipinski definition) is 6. The van der Waals surface area contributed by atoms with Crippen LogP contribution in [0.4, 0.5) is 0 Å². The van der Waals surface area contributed by atoms with E-state index < -0.39 is 5.41 Å². The third-order valence-corrected chi connectivity index (χ3v) is 6.87. The summed E-state index contributed by atoms with van der Waals surface area (Å²) >= 11 is 7.36. The van der Waals surface area contributed by atoms with Crippen molar-refractivity contribution < 1.29 is 9.53 Å². The minimum atomic E-state index is -0.629. The Morgan fingerprint density at radius 3 is 2.69 bits per heavy atom. The van der Waals surface area contributed by atoms with Gasteiger partial charge >= 0.3 is 5.97 Å². The van der Waals surface area contributed by atoms with E-state index in [0.29, 0.717) is 21.3 Å². The minimum Gasteiger partial charge on any atom is -0.457 e. The lowest BCUT2D eigenvalue weighted by atomic mass is 9.64. The van der Waals surface area contributed by atoms with Crippen LogP contribution in [0.1, 0.15) is 30.7 Å². The first kappa shape index (κ1) is 18.3. The van der Waals surface area contributed by atoms with Gasteiger partial charge in [-0.25, -0.2) is 0 Å². The van der Waals surface area contributed by atoms with E-state index in [2.05, 4.69) is 10.2 Å². The molecule has 0 unspecified atom stereocenters. The van der Waals surface area contributed by atoms with Crippen molar-refractivity contribution in [1.29, 1.82) is 0 Å². The second-order valence-corrected chi connectivity index (χ2v) is 8.62. The lowest BCUT2D eigenvalue weighted by Crippen LogP contribution is -2.43. The van der Waals surface area contributed by atoms with Gasteiger partial charge in [-0.1, -0.05) is 30.2 Å². The van der Waals surface area contributed by atoms with E-state index in [-0.39, 0.29) is 18.1 Å². The highest BCUT2D eigenvalue weighted by molar-refractivity contribution is 7.17. The van der Waals surface area contributed by atoms with Gasteiger partial charge in [0.2, 0.25) is 5.78 Å². The van der Waals surface area contributed by atoms with Gasteiger partial charge in [0.05, 0.1) is 10.9 Å². The molecule has 29 heavy (non-hydrogen) atoms. The Hall–Kier alpha value is -2.71. The molecule has 4 aromatic rings. The number of carbonyl (C=O) groups excluding carboxylic acids is 1. The number of carbonyl (C=O) groups is 1. The number of aromatic nitrogens is 4. The molecule has 1 saturated carbocycles. The molecule has 1 aliphatic carbocycles. The summed E-state index contributed by atoms with van der Waals surface area (Å²) < 4.78 is 9.55. The summed E-state index contributed by atoms with van der Waals surface area (Å²) in [6, 6.07) is 9.22. The van der Waals surface area contributed by atoms with Crippen molar-refractivity contribution in [3.8, 4) is 0 Å². The lowest BCUT2D eigenvalue weighted by Gasteiger charge is -2.39. The Bertz CT molecular complexity index is 1300. The molecule has 1 aliphatic rings. The number of esters is 1. The van der Waals surface area contributed by atoms with Crippen LogP contribution in [0, 0.1) is 0 Å². The van der Waals surface area contributed by atoms with E-state index in [9.17, 15) is 9.59 Å². The van der Waals surface area contributed by atoms with Crippen LogP contribution in [0.5, 0.6) is 0 Å². The molecule has 0 aliphatic heterocycles. The number of benzene rings is 1. The smallest absolute Gasteiger partial charge is 0.317 e. The zero-order valence-corrected chi connectivity index (χ0v) is 17.2. The molecule has 9 heteroatoms. The van der Waals surface area contributed by atoms with Crippen molar-refractivity contribution in [1.82, 2.24) is 19.2 Å². The van der Waals surface area contributed by atoms with Crippen molar-refractivity contribution in [2.24, 2.45) is 7.05 Å². The molecule has 3 aromatic heterocycles. The highest BCUT2D eigenvalue weighted by Gasteiger charge is 2.47. The fourth-order valence-corrected chi connectivity index (χ4v) is 4.90. The first-order valence-corrected chi connectivity index (χ1v) is 10.5. The van der Waals surface area contributed by atoms with Crippen molar-refractivity contribution >= 4 is 44.9 Å². The highest BCUT2D eigenvalue weighted by Crippen LogP contribution is 2.45. The number of hydrogen-bond donors (Lipinski definition) is 0. The van der Waals surface area contributed by atoms with E-state index >= 15 is 0 Å². The Morgan fingerprint density at radius 2 is 2.00 bits per heavy atom. The average Bonchev–Trinajstić information content (AvgIpc) is 3.32. The highest BCUT2D eigenvalue weighted by atomic mass is 35.5. The summed E-state index contributed by atoms with van der Waals surface area (Å²) in [5.74, 6) is 0.634. The topological polar surface area (TPSA) is 78.5 Å². The van der Waals surface area contributed by atoms with Gasteiger partial charge in [0, 0.05) is 12.1 Å². The molecule has 0 N–H and O–H groups in total. The molecule has 0 atom stereocenters. The first-order chi connectivity index (χ1) is 14.0. The van der Waals surface area contributed by atoms with E-state index in [1.54, 1.807) is 23.6 Å². The maximum atomic E-state index is 13.0. The van der Waals surface area contributed by atoms with Crippen LogP contribution in [0.2, 0.25) is 5.02 Å². The number of fused-ring (bicyclic) bond motifs is 3. The van der Waals surface area contributed by atoms with Crippen LogP contribution in [0.3, 0.4) is 0 Å². The third kappa shape index (κ3) is 2.70. The molecule has 1 fully saturated rings. The van der Waals surface area contributed by atoms with Crippen LogP contribution >= 0.6 is 22.9 Å². The maximum absolute atomic E-state index is 13.0. The second-order valence-electron chi connectivity index (χ2n) is 7.27. The predicted octanol–water partition coefficient (Wildman–Crippen LogP) is 3.46. The molecule has 7 nitrogen and oxygen atoms in total. The van der Waals surface area contributed by atoms with Crippen LogP contribution in [-0.4, -0.2) is 25.1 Å². The van der Waals surface area contributed by atoms with Crippen LogP contribution in [0.15, 0.2) is 40.5 Å². The van der Waals surface area contributed by atoms with Crippen molar-refractivity contribution in [3.05, 3.63) is 62.5 Å². The Morgan fingerprint density at radius 1 is 1.24 bits per heavy atom. The number of rotatable bonds is 4. The molecule has 3 heterocycles. The molecular weight excluding hydrogens is 412 g/mol. The number of ether oxygens (including phenoxy) is 1. The standard InChI is InChI=1S/C20H17ClN4O3S/c1-24-17(26)16-14(7-10-29-16)25-15(22-23-19(24)25)11-28-18(27)20(8-2-9-20)12-3-5-13(21)6-4-12/h3-7,10H,2,8-9,11H2,1H3. The van der Waals surface area contributed by atoms with Crippen LogP contribution < -0.4 is 5.56 Å². The molecule has 0 bridgehead atoms. The quantitative estimate of drug-likeness (QED) is 0.465. The number of thiophene rings is 1. The molecular formula is C20H17ClN4O3S. The van der Waals surface area contributed by atoms with Gasteiger partial charge < -0.3 is 4.74 Å². The summed E-state index contributed by atoms with van der Waals surface area (Å²) in [6.07, 6.45) is 2.47. The second kappa shape index (κ2) is 6.67. The predicted molar refractivity (Wildman–Crippen MR) is 110 cm³/mol. The fourth-order valence-electron chi connectivity index (χ4n) is 3.92. The minimum absolute atomic E-state index is 0.0154. The van der Waals surface area contributed by atoms with Gasteiger partial charge in [0.1, 0.15) is 4.70 Å². The summed E-state index contributed by atoms with van der Waals surface area (Å²) in [5, 5.41) is 10.8. The normalized spacial score (nSPS) is 15.5. The van der Waals surface area contributed by atoms with Crippen LogP contribution in [-0.2, 0) is 28.6 Å². The lowest BCUT2D eigenvalue weighted by molar-refractivity contribution is -0.156. The van der Waals surface area contributed by atoms with E-state index in [1.165, 1.54) is 15.9 Å². The van der Waals surface area contributed by atoms with Gasteiger partial charge in [-0.2, -0.15) is 0 Å². The molecule has 0 amide bonds. The average molecular weight is 429 g/mol. The van der Waals surface area contributed by atoms with Gasteiger partial charge in [0.25, 0.3) is 5.56 Å². The molecule has 0 saturated heterocycles. The number of nitrogens with zero attached hydrogens (tertiary/aromatic N) is 4. The Kier molecular flexibility index (Phi) is 4.22. The third-order valence-electron chi connectivity index (χ3n) is 5.72. The van der Waals surface area contributed by atoms with Gasteiger partial charge in [-0.05, 0) is 42.0 Å². The maximum Gasteiger partial charge on any atom is 0.317 e. The van der Waals surface area contributed by atoms with Gasteiger partial charge in [-0.3, -0.25) is 18.6 Å². The molecule has 1 aromatic carbocycles. The summed E-state index contributed by atoms with van der Waals surface area (Å²) in [7, 11) is 1.66. The van der Waals surface area contributed by atoms with Crippen molar-refractivity contribution in [2.75, 3.05) is 0 Å². The van der Waals surface area contributed by atoms with E-state index in [0.717, 1.165) is 30.3 Å². The van der Waals surface area contributed by atoms with Gasteiger partial charge in [0.15, 0.2) is 12.4 Å². The molecule has 5 rings (SSSR count). The molecule has 0 radical (unpaired) electrons. The SMILES string of the molecule is Cn1c(=O)c2sccc2n2c(COC(=O)C3(c4ccc(Cl)cc4)CCC3)nnc12. The Labute approximate surface area is 174 Å². The fraction of sp³-hybridized carbons (Fsp3) is 0.300. The summed E-state index contributed by atoms with van der Waals surface area (Å²) in [4.78, 5) is 25.5. The van der Waals surface area contributed by atoms with E-state index in [1.807, 2.05) is 23.6 Å². The first-order valence-electron chi connectivity index (χ1n) is 9.25. The zero-order chi connectivity index (χ0) is 20.2.